The number of nitrogens with zero attached hydrogens (tertiary/aromatic N) is 3. The molecule has 0 saturated heterocycles. The van der Waals surface area contributed by atoms with Crippen molar-refractivity contribution in [2.24, 2.45) is 0 Å². The zero-order chi connectivity index (χ0) is 17.0. The van der Waals surface area contributed by atoms with Gasteiger partial charge in [-0.2, -0.15) is 0 Å². The minimum Gasteiger partial charge on any atom is -0.476 e. The van der Waals surface area contributed by atoms with E-state index in [9.17, 15) is 9.59 Å². The number of aryl methyl sites for hydroxylation is 1. The summed E-state index contributed by atoms with van der Waals surface area (Å²) >= 11 is 0. The number of amides is 1. The summed E-state index contributed by atoms with van der Waals surface area (Å²) in [7, 11) is 1.43. The number of methoxy groups -OCH3 is 1. The van der Waals surface area contributed by atoms with Crippen molar-refractivity contribution >= 4 is 17.6 Å². The van der Waals surface area contributed by atoms with Crippen LogP contribution in [0.3, 0.4) is 0 Å². The normalized spacial score (nSPS) is 12.0. The number of benzene rings is 1. The first-order chi connectivity index (χ1) is 11.0. The molecule has 0 saturated carbocycles. The highest BCUT2D eigenvalue weighted by molar-refractivity contribution is 5.94. The number of para-hydroxylation sites is 1. The molecule has 2 N–H and O–H groups in total. The van der Waals surface area contributed by atoms with Gasteiger partial charge in [-0.3, -0.25) is 4.79 Å². The Morgan fingerprint density at radius 1 is 1.39 bits per heavy atom. The van der Waals surface area contributed by atoms with E-state index >= 15 is 0 Å². The second-order valence-corrected chi connectivity index (χ2v) is 5.05. The predicted octanol–water partition coefficient (Wildman–Crippen LogP) is 1.63. The van der Waals surface area contributed by atoms with Gasteiger partial charge in [-0.15, -0.1) is 5.10 Å². The molecule has 0 spiro atoms. The monoisotopic (exact) mass is 318 g/mol. The van der Waals surface area contributed by atoms with Crippen LogP contribution in [0.25, 0.3) is 0 Å². The number of nitrogens with one attached hydrogen (secondary N) is 1. The van der Waals surface area contributed by atoms with Crippen LogP contribution in [0.2, 0.25) is 0 Å². The van der Waals surface area contributed by atoms with Gasteiger partial charge in [-0.1, -0.05) is 23.4 Å². The Kier molecular flexibility index (Phi) is 5.07. The first-order valence-electron chi connectivity index (χ1n) is 6.98. The van der Waals surface area contributed by atoms with Gasteiger partial charge in [0.1, 0.15) is 11.7 Å². The zero-order valence-corrected chi connectivity index (χ0v) is 13.1. The highest BCUT2D eigenvalue weighted by atomic mass is 16.5. The molecule has 0 aliphatic carbocycles. The molecule has 23 heavy (non-hydrogen) atoms. The molecular formula is C15H18N4O4. The molecule has 8 nitrogen and oxygen atoms in total. The lowest BCUT2D eigenvalue weighted by atomic mass is 10.2. The predicted molar refractivity (Wildman–Crippen MR) is 82.2 cm³/mol. The molecule has 1 heterocycles. The minimum absolute atomic E-state index is 0.00336. The molecule has 0 fully saturated rings. The van der Waals surface area contributed by atoms with E-state index in [0.29, 0.717) is 5.69 Å². The Bertz CT molecular complexity index is 726. The van der Waals surface area contributed by atoms with Crippen LogP contribution in [0.4, 0.5) is 5.69 Å². The molecule has 1 unspecified atom stereocenters. The summed E-state index contributed by atoms with van der Waals surface area (Å²) in [6, 6.07) is 6.64. The SMILES string of the molecule is COCc1c(C(=O)O)nnn1C(C)C(=O)Nc1ccccc1C. The second kappa shape index (κ2) is 7.01. The third-order valence-corrected chi connectivity index (χ3v) is 3.42. The highest BCUT2D eigenvalue weighted by Crippen LogP contribution is 2.18. The Balaban J connectivity index is 2.26. The third-order valence-electron chi connectivity index (χ3n) is 3.42. The Labute approximate surface area is 133 Å². The second-order valence-electron chi connectivity index (χ2n) is 5.05. The van der Waals surface area contributed by atoms with Crippen molar-refractivity contribution in [2.45, 2.75) is 26.5 Å². The van der Waals surface area contributed by atoms with E-state index in [1.54, 1.807) is 13.0 Å². The first kappa shape index (κ1) is 16.6. The minimum atomic E-state index is -1.21. The fraction of sp³-hybridized carbons (Fsp3) is 0.333. The quantitative estimate of drug-likeness (QED) is 0.838. The average Bonchev–Trinajstić information content (AvgIpc) is 2.93. The fourth-order valence-corrected chi connectivity index (χ4v) is 2.12. The number of aromatic carboxylic acids is 1. The molecule has 0 radical (unpaired) electrons. The van der Waals surface area contributed by atoms with E-state index in [1.165, 1.54) is 11.8 Å². The lowest BCUT2D eigenvalue weighted by Gasteiger charge is -2.15. The number of ether oxygens (including phenoxy) is 1. The van der Waals surface area contributed by atoms with E-state index < -0.39 is 12.0 Å². The molecule has 1 amide bonds. The van der Waals surface area contributed by atoms with Gasteiger partial charge in [0, 0.05) is 12.8 Å². The van der Waals surface area contributed by atoms with Crippen LogP contribution < -0.4 is 5.32 Å². The Morgan fingerprint density at radius 3 is 2.70 bits per heavy atom. The van der Waals surface area contributed by atoms with Gasteiger partial charge in [0.25, 0.3) is 0 Å². The summed E-state index contributed by atoms with van der Waals surface area (Å²) in [6.07, 6.45) is 0. The summed E-state index contributed by atoms with van der Waals surface area (Å²) < 4.78 is 6.25. The van der Waals surface area contributed by atoms with Crippen molar-refractivity contribution in [1.82, 2.24) is 15.0 Å². The summed E-state index contributed by atoms with van der Waals surface area (Å²) in [5, 5.41) is 19.3. The highest BCUT2D eigenvalue weighted by Gasteiger charge is 2.25. The third kappa shape index (κ3) is 3.54. The van der Waals surface area contributed by atoms with E-state index in [0.717, 1.165) is 5.56 Å². The van der Waals surface area contributed by atoms with Crippen molar-refractivity contribution in [3.63, 3.8) is 0 Å². The van der Waals surface area contributed by atoms with Gasteiger partial charge in [0.2, 0.25) is 5.91 Å². The fourth-order valence-electron chi connectivity index (χ4n) is 2.12. The molecule has 0 aliphatic rings. The van der Waals surface area contributed by atoms with E-state index in [4.69, 9.17) is 9.84 Å². The number of hydrogen-bond donors (Lipinski definition) is 2. The summed E-state index contributed by atoms with van der Waals surface area (Å²) in [4.78, 5) is 23.6. The molecule has 1 aromatic carbocycles. The molecule has 122 valence electrons. The average molecular weight is 318 g/mol. The maximum Gasteiger partial charge on any atom is 0.358 e. The number of carboxylic acid groups (broad SMARTS) is 1. The van der Waals surface area contributed by atoms with Crippen molar-refractivity contribution in [3.8, 4) is 0 Å². The molecule has 1 aromatic heterocycles. The van der Waals surface area contributed by atoms with Gasteiger partial charge in [-0.05, 0) is 25.5 Å². The van der Waals surface area contributed by atoms with Crippen LogP contribution in [-0.2, 0) is 16.1 Å². The molecule has 0 aliphatic heterocycles. The van der Waals surface area contributed by atoms with Crippen LogP contribution in [0.15, 0.2) is 24.3 Å². The lowest BCUT2D eigenvalue weighted by molar-refractivity contribution is -0.119. The number of carbonyl (C=O) groups excluding carboxylic acids is 1. The molecule has 2 aromatic rings. The maximum absolute atomic E-state index is 12.4. The maximum atomic E-state index is 12.4. The molecule has 1 atom stereocenters. The number of hydrogen-bond acceptors (Lipinski definition) is 5. The van der Waals surface area contributed by atoms with Crippen LogP contribution >= 0.6 is 0 Å². The molecule has 0 bridgehead atoms. The van der Waals surface area contributed by atoms with Gasteiger partial charge in [-0.25, -0.2) is 9.48 Å². The van der Waals surface area contributed by atoms with Crippen LogP contribution in [0, 0.1) is 6.92 Å². The van der Waals surface area contributed by atoms with Crippen molar-refractivity contribution < 1.29 is 19.4 Å². The van der Waals surface area contributed by atoms with E-state index in [1.807, 2.05) is 25.1 Å². The number of carbonyl (C=O) groups is 2. The van der Waals surface area contributed by atoms with Crippen LogP contribution in [0.5, 0.6) is 0 Å². The lowest BCUT2D eigenvalue weighted by Crippen LogP contribution is -2.26. The largest absolute Gasteiger partial charge is 0.476 e. The number of rotatable bonds is 6. The van der Waals surface area contributed by atoms with E-state index in [-0.39, 0.29) is 23.9 Å². The molecule has 8 heteroatoms. The van der Waals surface area contributed by atoms with Gasteiger partial charge >= 0.3 is 5.97 Å². The Hall–Kier alpha value is -2.74. The molecular weight excluding hydrogens is 300 g/mol. The van der Waals surface area contributed by atoms with E-state index in [2.05, 4.69) is 15.6 Å². The standard InChI is InChI=1S/C15H18N4O4/c1-9-6-4-5-7-11(9)16-14(20)10(2)19-12(8-23-3)13(15(21)22)17-18-19/h4-7,10H,8H2,1-3H3,(H,16,20)(H,21,22). The Morgan fingerprint density at radius 2 is 2.09 bits per heavy atom. The van der Waals surface area contributed by atoms with Gasteiger partial charge in [0.15, 0.2) is 5.69 Å². The number of aromatic nitrogens is 3. The zero-order valence-electron chi connectivity index (χ0n) is 13.1. The number of carboxylic acids is 1. The molecule has 2 rings (SSSR count). The summed E-state index contributed by atoms with van der Waals surface area (Å²) in [5.41, 5.74) is 1.64. The van der Waals surface area contributed by atoms with Gasteiger partial charge < -0.3 is 15.2 Å². The smallest absolute Gasteiger partial charge is 0.358 e. The topological polar surface area (TPSA) is 106 Å². The van der Waals surface area contributed by atoms with Crippen LogP contribution in [-0.4, -0.2) is 39.1 Å². The van der Waals surface area contributed by atoms with Gasteiger partial charge in [0.05, 0.1) is 6.61 Å². The summed E-state index contributed by atoms with van der Waals surface area (Å²) in [6.45, 7) is 3.50. The van der Waals surface area contributed by atoms with Crippen molar-refractivity contribution in [1.29, 1.82) is 0 Å². The summed E-state index contributed by atoms with van der Waals surface area (Å²) in [5.74, 6) is -1.53. The van der Waals surface area contributed by atoms with Crippen LogP contribution in [0.1, 0.15) is 34.7 Å². The number of anilines is 1. The van der Waals surface area contributed by atoms with Crippen molar-refractivity contribution in [3.05, 3.63) is 41.2 Å². The first-order valence-corrected chi connectivity index (χ1v) is 6.98. The van der Waals surface area contributed by atoms with Crippen molar-refractivity contribution in [2.75, 3.05) is 12.4 Å².